The van der Waals surface area contributed by atoms with Gasteiger partial charge in [-0.2, -0.15) is 0 Å². The summed E-state index contributed by atoms with van der Waals surface area (Å²) in [6.45, 7) is 2.41. The van der Waals surface area contributed by atoms with E-state index < -0.39 is 5.92 Å². The summed E-state index contributed by atoms with van der Waals surface area (Å²) in [4.78, 5) is 11.8. The first-order valence-corrected chi connectivity index (χ1v) is 6.48. The molecule has 0 saturated heterocycles. The quantitative estimate of drug-likeness (QED) is 0.229. The summed E-state index contributed by atoms with van der Waals surface area (Å²) in [6.07, 6.45) is 2.30. The van der Waals surface area contributed by atoms with Gasteiger partial charge in [-0.1, -0.05) is 42.4 Å². The van der Waals surface area contributed by atoms with Gasteiger partial charge in [0.05, 0.1) is 5.92 Å². The van der Waals surface area contributed by atoms with Gasteiger partial charge < -0.3 is 16.3 Å². The third kappa shape index (κ3) is 4.99. The fourth-order valence-electron chi connectivity index (χ4n) is 1.87. The Kier molecular flexibility index (Phi) is 6.43. The third-order valence-corrected chi connectivity index (χ3v) is 2.98. The molecule has 0 fully saturated rings. The Hall–Kier alpha value is -2.04. The second-order valence-corrected chi connectivity index (χ2v) is 4.37. The van der Waals surface area contributed by atoms with Crippen LogP contribution in [-0.2, 0) is 11.2 Å². The Labute approximate surface area is 113 Å². The first-order valence-electron chi connectivity index (χ1n) is 6.48. The standard InChI is InChI=1S/C14H21N3O2/c1-2-12(13(15)17-19)14(18)16-10-6-9-11-7-4-3-5-8-11/h3-5,7-8,12,19H,2,6,9-10H2,1H3,(H2,15,17)(H,16,18). The highest BCUT2D eigenvalue weighted by atomic mass is 16.4. The molecule has 1 aromatic rings. The molecule has 19 heavy (non-hydrogen) atoms. The molecule has 1 amide bonds. The van der Waals surface area contributed by atoms with Gasteiger partial charge in [0.15, 0.2) is 5.84 Å². The number of rotatable bonds is 7. The minimum absolute atomic E-state index is 0.0388. The number of carbonyl (C=O) groups excluding carboxylic acids is 1. The van der Waals surface area contributed by atoms with Crippen LogP contribution in [0.4, 0.5) is 0 Å². The van der Waals surface area contributed by atoms with Gasteiger partial charge in [-0.15, -0.1) is 0 Å². The molecule has 0 aromatic heterocycles. The number of nitrogens with one attached hydrogen (secondary N) is 1. The molecule has 1 atom stereocenters. The number of amidine groups is 1. The van der Waals surface area contributed by atoms with Crippen molar-refractivity contribution in [2.75, 3.05) is 6.54 Å². The zero-order valence-electron chi connectivity index (χ0n) is 11.2. The van der Waals surface area contributed by atoms with Crippen molar-refractivity contribution in [3.05, 3.63) is 35.9 Å². The molecule has 0 spiro atoms. The Balaban J connectivity index is 2.30. The summed E-state index contributed by atoms with van der Waals surface area (Å²) in [6, 6.07) is 10.1. The van der Waals surface area contributed by atoms with Gasteiger partial charge >= 0.3 is 0 Å². The van der Waals surface area contributed by atoms with Crippen molar-refractivity contribution in [2.24, 2.45) is 16.8 Å². The van der Waals surface area contributed by atoms with Crippen LogP contribution in [0, 0.1) is 5.92 Å². The molecule has 5 heteroatoms. The van der Waals surface area contributed by atoms with Crippen molar-refractivity contribution in [1.29, 1.82) is 0 Å². The minimum Gasteiger partial charge on any atom is -0.409 e. The van der Waals surface area contributed by atoms with Crippen LogP contribution in [-0.4, -0.2) is 23.5 Å². The van der Waals surface area contributed by atoms with Crippen LogP contribution in [0.3, 0.4) is 0 Å². The van der Waals surface area contributed by atoms with Crippen LogP contribution in [0.1, 0.15) is 25.3 Å². The lowest BCUT2D eigenvalue weighted by molar-refractivity contribution is -0.123. The van der Waals surface area contributed by atoms with Gasteiger partial charge in [0.25, 0.3) is 0 Å². The summed E-state index contributed by atoms with van der Waals surface area (Å²) < 4.78 is 0. The minimum atomic E-state index is -0.554. The van der Waals surface area contributed by atoms with E-state index in [1.807, 2.05) is 25.1 Å². The van der Waals surface area contributed by atoms with E-state index in [0.29, 0.717) is 13.0 Å². The number of benzene rings is 1. The molecule has 0 aliphatic heterocycles. The second-order valence-electron chi connectivity index (χ2n) is 4.37. The molecule has 104 valence electrons. The predicted molar refractivity (Wildman–Crippen MR) is 75.0 cm³/mol. The summed E-state index contributed by atoms with van der Waals surface area (Å²) in [5.74, 6) is -0.782. The first kappa shape index (κ1) is 15.0. The number of carbonyl (C=O) groups is 1. The first-order chi connectivity index (χ1) is 9.19. The van der Waals surface area contributed by atoms with Crippen LogP contribution < -0.4 is 11.1 Å². The molecule has 0 aliphatic rings. The highest BCUT2D eigenvalue weighted by Crippen LogP contribution is 2.04. The fourth-order valence-corrected chi connectivity index (χ4v) is 1.87. The average Bonchev–Trinajstić information content (AvgIpc) is 2.45. The van der Waals surface area contributed by atoms with Crippen LogP contribution in [0.15, 0.2) is 35.5 Å². The van der Waals surface area contributed by atoms with E-state index in [0.717, 1.165) is 12.8 Å². The Bertz CT molecular complexity index is 418. The molecule has 0 heterocycles. The van der Waals surface area contributed by atoms with E-state index in [9.17, 15) is 4.79 Å². The monoisotopic (exact) mass is 263 g/mol. The highest BCUT2D eigenvalue weighted by Gasteiger charge is 2.20. The van der Waals surface area contributed by atoms with Gasteiger partial charge in [0.2, 0.25) is 5.91 Å². The molecule has 1 unspecified atom stereocenters. The number of nitrogens with two attached hydrogens (primary N) is 1. The van der Waals surface area contributed by atoms with Crippen LogP contribution in [0.25, 0.3) is 0 Å². The maximum Gasteiger partial charge on any atom is 0.230 e. The molecule has 0 aliphatic carbocycles. The normalized spacial score (nSPS) is 13.0. The number of amides is 1. The van der Waals surface area contributed by atoms with Crippen molar-refractivity contribution in [3.8, 4) is 0 Å². The second kappa shape index (κ2) is 8.13. The van der Waals surface area contributed by atoms with E-state index in [2.05, 4.69) is 22.6 Å². The van der Waals surface area contributed by atoms with Crippen LogP contribution in [0.5, 0.6) is 0 Å². The van der Waals surface area contributed by atoms with Crippen molar-refractivity contribution < 1.29 is 10.0 Å². The zero-order chi connectivity index (χ0) is 14.1. The lowest BCUT2D eigenvalue weighted by atomic mass is 10.0. The molecular weight excluding hydrogens is 242 g/mol. The largest absolute Gasteiger partial charge is 0.409 e. The Morgan fingerprint density at radius 1 is 1.42 bits per heavy atom. The van der Waals surface area contributed by atoms with E-state index in [1.165, 1.54) is 5.56 Å². The topological polar surface area (TPSA) is 87.7 Å². The lowest BCUT2D eigenvalue weighted by Gasteiger charge is -2.13. The summed E-state index contributed by atoms with van der Waals surface area (Å²) in [5, 5.41) is 14.3. The maximum absolute atomic E-state index is 11.8. The third-order valence-electron chi connectivity index (χ3n) is 2.98. The Morgan fingerprint density at radius 3 is 2.68 bits per heavy atom. The molecule has 0 bridgehead atoms. The summed E-state index contributed by atoms with van der Waals surface area (Å²) in [7, 11) is 0. The highest BCUT2D eigenvalue weighted by molar-refractivity contribution is 6.01. The van der Waals surface area contributed by atoms with E-state index in [4.69, 9.17) is 10.9 Å². The van der Waals surface area contributed by atoms with E-state index in [-0.39, 0.29) is 11.7 Å². The van der Waals surface area contributed by atoms with Crippen LogP contribution in [0.2, 0.25) is 0 Å². The van der Waals surface area contributed by atoms with Crippen molar-refractivity contribution >= 4 is 11.7 Å². The Morgan fingerprint density at radius 2 is 2.11 bits per heavy atom. The van der Waals surface area contributed by atoms with Gasteiger partial charge in [-0.25, -0.2) is 0 Å². The molecule has 0 radical (unpaired) electrons. The van der Waals surface area contributed by atoms with E-state index in [1.54, 1.807) is 0 Å². The number of hydrogen-bond donors (Lipinski definition) is 3. The van der Waals surface area contributed by atoms with Crippen molar-refractivity contribution in [2.45, 2.75) is 26.2 Å². The zero-order valence-corrected chi connectivity index (χ0v) is 11.2. The fraction of sp³-hybridized carbons (Fsp3) is 0.429. The summed E-state index contributed by atoms with van der Waals surface area (Å²) in [5.41, 5.74) is 6.71. The van der Waals surface area contributed by atoms with Crippen molar-refractivity contribution in [1.82, 2.24) is 5.32 Å². The van der Waals surface area contributed by atoms with Gasteiger partial charge in [-0.3, -0.25) is 4.79 Å². The van der Waals surface area contributed by atoms with Gasteiger partial charge in [-0.05, 0) is 24.8 Å². The average molecular weight is 263 g/mol. The molecule has 4 N–H and O–H groups in total. The molecule has 5 nitrogen and oxygen atoms in total. The molecule has 1 aromatic carbocycles. The lowest BCUT2D eigenvalue weighted by Crippen LogP contribution is -2.39. The predicted octanol–water partition coefficient (Wildman–Crippen LogP) is 1.51. The van der Waals surface area contributed by atoms with Crippen LogP contribution >= 0.6 is 0 Å². The van der Waals surface area contributed by atoms with Gasteiger partial charge in [0.1, 0.15) is 0 Å². The number of aryl methyl sites for hydroxylation is 1. The maximum atomic E-state index is 11.8. The molecule has 0 saturated carbocycles. The van der Waals surface area contributed by atoms with Gasteiger partial charge in [0, 0.05) is 6.54 Å². The molecule has 1 rings (SSSR count). The SMILES string of the molecule is CCC(C(=O)NCCCc1ccccc1)C(N)=NO. The smallest absolute Gasteiger partial charge is 0.230 e. The van der Waals surface area contributed by atoms with E-state index >= 15 is 0 Å². The summed E-state index contributed by atoms with van der Waals surface area (Å²) >= 11 is 0. The number of oxime groups is 1. The number of hydrogen-bond acceptors (Lipinski definition) is 3. The number of nitrogens with zero attached hydrogens (tertiary/aromatic N) is 1. The molecular formula is C14H21N3O2. The van der Waals surface area contributed by atoms with Crippen molar-refractivity contribution in [3.63, 3.8) is 0 Å².